The lowest BCUT2D eigenvalue weighted by Crippen LogP contribution is -2.03. The second kappa shape index (κ2) is 7.51. The Labute approximate surface area is 156 Å². The van der Waals surface area contributed by atoms with Crippen LogP contribution in [0.4, 0.5) is 13.2 Å². The zero-order valence-electron chi connectivity index (χ0n) is 13.2. The lowest BCUT2D eigenvalue weighted by molar-refractivity contribution is -0.133. The highest BCUT2D eigenvalue weighted by Gasteiger charge is 2.36. The largest absolute Gasteiger partial charge is 0.487 e. The first-order valence-electron chi connectivity index (χ1n) is 7.51. The van der Waals surface area contributed by atoms with Crippen LogP contribution >= 0.6 is 22.9 Å². The topological polar surface area (TPSA) is 26.3 Å². The van der Waals surface area contributed by atoms with Crippen LogP contribution in [0.5, 0.6) is 5.75 Å². The van der Waals surface area contributed by atoms with Gasteiger partial charge in [-0.1, -0.05) is 41.9 Å². The molecule has 7 heteroatoms. The van der Waals surface area contributed by atoms with Crippen molar-refractivity contribution in [3.8, 4) is 16.9 Å². The Morgan fingerprint density at radius 1 is 1.08 bits per heavy atom. The summed E-state index contributed by atoms with van der Waals surface area (Å²) < 4.78 is 45.7. The fourth-order valence-corrected chi connectivity index (χ4v) is 3.62. The summed E-state index contributed by atoms with van der Waals surface area (Å²) in [4.78, 5) is 10.5. The van der Waals surface area contributed by atoms with Gasteiger partial charge in [-0.15, -0.1) is 11.3 Å². The first kappa shape index (κ1) is 18.5. The maximum Gasteiger partial charge on any atom is 0.426 e. The van der Waals surface area contributed by atoms with E-state index in [0.29, 0.717) is 39.4 Å². The van der Waals surface area contributed by atoms with Crippen LogP contribution in [0.15, 0.2) is 54.6 Å². The number of carbonyl (C=O) groups is 1. The number of thiophene rings is 1. The smallest absolute Gasteiger partial charge is 0.426 e. The van der Waals surface area contributed by atoms with Crippen molar-refractivity contribution in [3.63, 3.8) is 0 Å². The van der Waals surface area contributed by atoms with Gasteiger partial charge in [-0.3, -0.25) is 4.79 Å². The van der Waals surface area contributed by atoms with E-state index in [1.54, 1.807) is 30.3 Å². The van der Waals surface area contributed by atoms with Gasteiger partial charge in [0.25, 0.3) is 0 Å². The van der Waals surface area contributed by atoms with Crippen molar-refractivity contribution in [1.82, 2.24) is 0 Å². The predicted octanol–water partition coefficient (Wildman–Crippen LogP) is 6.48. The summed E-state index contributed by atoms with van der Waals surface area (Å²) in [5.41, 5.74) is 1.02. The maximum atomic E-state index is 13.4. The first-order chi connectivity index (χ1) is 12.4. The third-order valence-electron chi connectivity index (χ3n) is 3.59. The molecule has 1 aromatic heterocycles. The van der Waals surface area contributed by atoms with Gasteiger partial charge >= 0.3 is 6.18 Å². The van der Waals surface area contributed by atoms with E-state index in [4.69, 9.17) is 16.3 Å². The van der Waals surface area contributed by atoms with Crippen molar-refractivity contribution >= 4 is 29.2 Å². The zero-order chi connectivity index (χ0) is 18.7. The second-order valence-electron chi connectivity index (χ2n) is 5.42. The summed E-state index contributed by atoms with van der Waals surface area (Å²) >= 11 is 6.66. The predicted molar refractivity (Wildman–Crippen MR) is 95.9 cm³/mol. The highest BCUT2D eigenvalue weighted by molar-refractivity contribution is 7.12. The molecule has 0 aliphatic carbocycles. The number of benzene rings is 2. The molecular formula is C19H12ClF3O2S. The van der Waals surface area contributed by atoms with Crippen LogP contribution in [-0.4, -0.2) is 6.29 Å². The van der Waals surface area contributed by atoms with Crippen LogP contribution in [0.2, 0.25) is 5.02 Å². The van der Waals surface area contributed by atoms with E-state index in [1.165, 1.54) is 24.3 Å². The number of rotatable bonds is 5. The SMILES string of the molecule is O=Cc1ccc(OCc2cc(-c3ccccc3)c(C(F)(F)F)s2)c(Cl)c1. The Kier molecular flexibility index (Phi) is 5.34. The quantitative estimate of drug-likeness (QED) is 0.461. The molecule has 0 saturated carbocycles. The van der Waals surface area contributed by atoms with Crippen molar-refractivity contribution in [1.29, 1.82) is 0 Å². The number of ether oxygens (including phenoxy) is 1. The third-order valence-corrected chi connectivity index (χ3v) is 5.04. The van der Waals surface area contributed by atoms with E-state index in [-0.39, 0.29) is 17.2 Å². The Balaban J connectivity index is 1.87. The molecule has 0 spiro atoms. The minimum atomic E-state index is -4.45. The summed E-state index contributed by atoms with van der Waals surface area (Å²) in [7, 11) is 0. The van der Waals surface area contributed by atoms with Crippen molar-refractivity contribution in [2.24, 2.45) is 0 Å². The summed E-state index contributed by atoms with van der Waals surface area (Å²) in [6, 6.07) is 14.4. The van der Waals surface area contributed by atoms with E-state index in [1.807, 2.05) is 0 Å². The summed E-state index contributed by atoms with van der Waals surface area (Å²) in [5, 5.41) is 0.227. The molecule has 0 N–H and O–H groups in total. The van der Waals surface area contributed by atoms with E-state index in [0.717, 1.165) is 0 Å². The van der Waals surface area contributed by atoms with E-state index < -0.39 is 11.1 Å². The molecule has 2 nitrogen and oxygen atoms in total. The molecule has 26 heavy (non-hydrogen) atoms. The second-order valence-corrected chi connectivity index (χ2v) is 6.96. The molecule has 0 aliphatic heterocycles. The van der Waals surface area contributed by atoms with Crippen LogP contribution in [0, 0.1) is 0 Å². The summed E-state index contributed by atoms with van der Waals surface area (Å²) in [6.07, 6.45) is -3.80. The molecule has 0 amide bonds. The Hall–Kier alpha value is -2.31. The molecule has 2 aromatic carbocycles. The van der Waals surface area contributed by atoms with Gasteiger partial charge in [0.2, 0.25) is 0 Å². The van der Waals surface area contributed by atoms with Crippen molar-refractivity contribution in [2.45, 2.75) is 12.8 Å². The fourth-order valence-electron chi connectivity index (χ4n) is 2.41. The van der Waals surface area contributed by atoms with Crippen LogP contribution in [0.1, 0.15) is 20.1 Å². The summed E-state index contributed by atoms with van der Waals surface area (Å²) in [6.45, 7) is -0.0548. The van der Waals surface area contributed by atoms with Gasteiger partial charge in [0, 0.05) is 16.0 Å². The minimum absolute atomic E-state index is 0.0548. The monoisotopic (exact) mass is 396 g/mol. The molecular weight excluding hydrogens is 385 g/mol. The molecule has 0 unspecified atom stereocenters. The number of hydrogen-bond acceptors (Lipinski definition) is 3. The molecule has 0 bridgehead atoms. The van der Waals surface area contributed by atoms with E-state index in [2.05, 4.69) is 0 Å². The van der Waals surface area contributed by atoms with Gasteiger partial charge in [-0.05, 0) is 29.8 Å². The highest BCUT2D eigenvalue weighted by atomic mass is 35.5. The van der Waals surface area contributed by atoms with Gasteiger partial charge in [0.15, 0.2) is 0 Å². The third kappa shape index (κ3) is 4.08. The Bertz CT molecular complexity index is 920. The van der Waals surface area contributed by atoms with Crippen LogP contribution in [0.3, 0.4) is 0 Å². The van der Waals surface area contributed by atoms with Crippen LogP contribution in [0.25, 0.3) is 11.1 Å². The molecule has 3 aromatic rings. The Morgan fingerprint density at radius 3 is 2.42 bits per heavy atom. The molecule has 0 radical (unpaired) electrons. The number of carbonyl (C=O) groups excluding carboxylic acids is 1. The fraction of sp³-hybridized carbons (Fsp3) is 0.105. The van der Waals surface area contributed by atoms with Crippen molar-refractivity contribution in [2.75, 3.05) is 0 Å². The standard InChI is InChI=1S/C19H12ClF3O2S/c20-16-8-12(10-24)6-7-17(16)25-11-14-9-15(13-4-2-1-3-5-13)18(26-14)19(21,22)23/h1-10H,11H2. The number of aldehydes is 1. The maximum absolute atomic E-state index is 13.4. The van der Waals surface area contributed by atoms with Crippen molar-refractivity contribution in [3.05, 3.63) is 74.9 Å². The van der Waals surface area contributed by atoms with Crippen molar-refractivity contribution < 1.29 is 22.7 Å². The van der Waals surface area contributed by atoms with Gasteiger partial charge in [-0.2, -0.15) is 13.2 Å². The molecule has 0 saturated heterocycles. The molecule has 134 valence electrons. The molecule has 0 fully saturated rings. The van der Waals surface area contributed by atoms with Crippen LogP contribution in [-0.2, 0) is 12.8 Å². The van der Waals surface area contributed by atoms with Gasteiger partial charge < -0.3 is 4.74 Å². The average Bonchev–Trinajstić information content (AvgIpc) is 3.06. The van der Waals surface area contributed by atoms with E-state index >= 15 is 0 Å². The first-order valence-corrected chi connectivity index (χ1v) is 8.71. The summed E-state index contributed by atoms with van der Waals surface area (Å²) in [5.74, 6) is 0.306. The highest BCUT2D eigenvalue weighted by Crippen LogP contribution is 2.43. The number of alkyl halides is 3. The average molecular weight is 397 g/mol. The zero-order valence-corrected chi connectivity index (χ0v) is 14.8. The number of halogens is 4. The van der Waals surface area contributed by atoms with Gasteiger partial charge in [-0.25, -0.2) is 0 Å². The molecule has 3 rings (SSSR count). The lowest BCUT2D eigenvalue weighted by Gasteiger charge is -2.07. The van der Waals surface area contributed by atoms with E-state index in [9.17, 15) is 18.0 Å². The minimum Gasteiger partial charge on any atom is -0.487 e. The van der Waals surface area contributed by atoms with Crippen LogP contribution < -0.4 is 4.74 Å². The lowest BCUT2D eigenvalue weighted by atomic mass is 10.1. The molecule has 0 atom stereocenters. The van der Waals surface area contributed by atoms with Gasteiger partial charge in [0.05, 0.1) is 5.02 Å². The molecule has 1 heterocycles. The number of hydrogen-bond donors (Lipinski definition) is 0. The van der Waals surface area contributed by atoms with Gasteiger partial charge in [0.1, 0.15) is 23.5 Å². The normalized spacial score (nSPS) is 11.4. The molecule has 0 aliphatic rings. The Morgan fingerprint density at radius 2 is 1.81 bits per heavy atom.